The molecule has 0 heterocycles. The van der Waals surface area contributed by atoms with E-state index in [4.69, 9.17) is 10.5 Å². The molecule has 0 spiro atoms. The fraction of sp³-hybridized carbons (Fsp3) is 0.500. The van der Waals surface area contributed by atoms with Crippen molar-refractivity contribution in [3.63, 3.8) is 0 Å². The van der Waals surface area contributed by atoms with E-state index in [1.54, 1.807) is 7.11 Å². The highest BCUT2D eigenvalue weighted by Gasteiger charge is 2.15. The average Bonchev–Trinajstić information content (AvgIpc) is 2.39. The van der Waals surface area contributed by atoms with E-state index in [2.05, 4.69) is 5.32 Å². The van der Waals surface area contributed by atoms with Crippen molar-refractivity contribution >= 4 is 11.6 Å². The standard InChI is InChI=1S/C14H22N2O2/c1-3-11(10-15)14(17)16-13-7-5-4-6-12(13)8-9-18-2/h4-7,11H,3,8-10,15H2,1-2H3,(H,16,17). The maximum atomic E-state index is 12.0. The van der Waals surface area contributed by atoms with Crippen LogP contribution in [0.3, 0.4) is 0 Å². The summed E-state index contributed by atoms with van der Waals surface area (Å²) in [5, 5.41) is 2.95. The molecule has 1 amide bonds. The summed E-state index contributed by atoms with van der Waals surface area (Å²) in [5.41, 5.74) is 7.51. The smallest absolute Gasteiger partial charge is 0.228 e. The largest absolute Gasteiger partial charge is 0.384 e. The molecule has 0 aliphatic rings. The summed E-state index contributed by atoms with van der Waals surface area (Å²) in [6, 6.07) is 7.78. The van der Waals surface area contributed by atoms with Gasteiger partial charge in [-0.1, -0.05) is 25.1 Å². The number of hydrogen-bond donors (Lipinski definition) is 2. The number of nitrogens with two attached hydrogens (primary N) is 1. The van der Waals surface area contributed by atoms with Crippen molar-refractivity contribution in [3.8, 4) is 0 Å². The average molecular weight is 250 g/mol. The number of para-hydroxylation sites is 1. The molecule has 3 N–H and O–H groups in total. The van der Waals surface area contributed by atoms with Gasteiger partial charge in [0.25, 0.3) is 0 Å². The first-order valence-electron chi connectivity index (χ1n) is 6.30. The fourth-order valence-electron chi connectivity index (χ4n) is 1.77. The summed E-state index contributed by atoms with van der Waals surface area (Å²) >= 11 is 0. The molecular weight excluding hydrogens is 228 g/mol. The predicted molar refractivity (Wildman–Crippen MR) is 73.5 cm³/mol. The zero-order valence-corrected chi connectivity index (χ0v) is 11.1. The van der Waals surface area contributed by atoms with E-state index >= 15 is 0 Å². The molecule has 0 aliphatic heterocycles. The lowest BCUT2D eigenvalue weighted by molar-refractivity contribution is -0.119. The highest BCUT2D eigenvalue weighted by Crippen LogP contribution is 2.17. The third-order valence-corrected chi connectivity index (χ3v) is 3.00. The topological polar surface area (TPSA) is 64.4 Å². The van der Waals surface area contributed by atoms with Crippen LogP contribution in [0.4, 0.5) is 5.69 Å². The Morgan fingerprint density at radius 3 is 2.78 bits per heavy atom. The van der Waals surface area contributed by atoms with Crippen LogP contribution in [0, 0.1) is 5.92 Å². The van der Waals surface area contributed by atoms with Gasteiger partial charge < -0.3 is 15.8 Å². The van der Waals surface area contributed by atoms with E-state index in [1.165, 1.54) is 0 Å². The van der Waals surface area contributed by atoms with Crippen LogP contribution in [0.15, 0.2) is 24.3 Å². The van der Waals surface area contributed by atoms with Gasteiger partial charge in [0.05, 0.1) is 12.5 Å². The highest BCUT2D eigenvalue weighted by molar-refractivity contribution is 5.93. The number of carbonyl (C=O) groups excluding carboxylic acids is 1. The summed E-state index contributed by atoms with van der Waals surface area (Å²) in [7, 11) is 1.67. The summed E-state index contributed by atoms with van der Waals surface area (Å²) in [6.07, 6.45) is 1.54. The van der Waals surface area contributed by atoms with Crippen molar-refractivity contribution in [1.29, 1.82) is 0 Å². The van der Waals surface area contributed by atoms with Gasteiger partial charge in [0.15, 0.2) is 0 Å². The van der Waals surface area contributed by atoms with Crippen molar-refractivity contribution in [2.75, 3.05) is 25.6 Å². The Morgan fingerprint density at radius 2 is 2.17 bits per heavy atom. The van der Waals surface area contributed by atoms with E-state index in [-0.39, 0.29) is 11.8 Å². The number of carbonyl (C=O) groups is 1. The van der Waals surface area contributed by atoms with Gasteiger partial charge in [0.2, 0.25) is 5.91 Å². The van der Waals surface area contributed by atoms with Gasteiger partial charge in [0.1, 0.15) is 0 Å². The molecule has 0 bridgehead atoms. The molecule has 0 fully saturated rings. The number of anilines is 1. The van der Waals surface area contributed by atoms with Crippen molar-refractivity contribution in [2.45, 2.75) is 19.8 Å². The minimum absolute atomic E-state index is 0.00938. The Balaban J connectivity index is 2.73. The quantitative estimate of drug-likeness (QED) is 0.775. The van der Waals surface area contributed by atoms with Gasteiger partial charge in [-0.3, -0.25) is 4.79 Å². The molecule has 4 nitrogen and oxygen atoms in total. The fourth-order valence-corrected chi connectivity index (χ4v) is 1.77. The van der Waals surface area contributed by atoms with Crippen LogP contribution in [0.5, 0.6) is 0 Å². The number of amides is 1. The minimum atomic E-state index is -0.125. The summed E-state index contributed by atoms with van der Waals surface area (Å²) < 4.78 is 5.06. The van der Waals surface area contributed by atoms with Crippen LogP contribution < -0.4 is 11.1 Å². The number of rotatable bonds is 7. The number of ether oxygens (including phenoxy) is 1. The molecule has 1 unspecified atom stereocenters. The predicted octanol–water partition coefficient (Wildman–Crippen LogP) is 1.80. The van der Waals surface area contributed by atoms with E-state index in [1.807, 2.05) is 31.2 Å². The van der Waals surface area contributed by atoms with Gasteiger partial charge >= 0.3 is 0 Å². The molecule has 1 atom stereocenters. The lowest BCUT2D eigenvalue weighted by Gasteiger charge is -2.15. The van der Waals surface area contributed by atoms with Crippen molar-refractivity contribution in [3.05, 3.63) is 29.8 Å². The molecule has 18 heavy (non-hydrogen) atoms. The lowest BCUT2D eigenvalue weighted by atomic mass is 10.0. The molecule has 0 aliphatic carbocycles. The number of nitrogens with one attached hydrogen (secondary N) is 1. The van der Waals surface area contributed by atoms with Crippen LogP contribution in [0.2, 0.25) is 0 Å². The van der Waals surface area contributed by atoms with Gasteiger partial charge in [-0.15, -0.1) is 0 Å². The first-order chi connectivity index (χ1) is 8.72. The maximum absolute atomic E-state index is 12.0. The first kappa shape index (κ1) is 14.7. The third-order valence-electron chi connectivity index (χ3n) is 3.00. The molecule has 4 heteroatoms. The SMILES string of the molecule is CCC(CN)C(=O)Nc1ccccc1CCOC. The second-order valence-corrected chi connectivity index (χ2v) is 4.23. The highest BCUT2D eigenvalue weighted by atomic mass is 16.5. The Morgan fingerprint density at radius 1 is 1.44 bits per heavy atom. The van der Waals surface area contributed by atoms with Gasteiger partial charge in [-0.2, -0.15) is 0 Å². The van der Waals surface area contributed by atoms with Crippen LogP contribution in [-0.2, 0) is 16.0 Å². The zero-order valence-electron chi connectivity index (χ0n) is 11.1. The van der Waals surface area contributed by atoms with Gasteiger partial charge in [-0.05, 0) is 24.5 Å². The maximum Gasteiger partial charge on any atom is 0.228 e. The molecule has 1 rings (SSSR count). The molecule has 0 saturated heterocycles. The molecule has 100 valence electrons. The lowest BCUT2D eigenvalue weighted by Crippen LogP contribution is -2.29. The van der Waals surface area contributed by atoms with Crippen molar-refractivity contribution in [1.82, 2.24) is 0 Å². The number of benzene rings is 1. The number of hydrogen-bond acceptors (Lipinski definition) is 3. The van der Waals surface area contributed by atoms with E-state index in [9.17, 15) is 4.79 Å². The van der Waals surface area contributed by atoms with Gasteiger partial charge in [0, 0.05) is 19.3 Å². The first-order valence-corrected chi connectivity index (χ1v) is 6.30. The normalized spacial score (nSPS) is 12.2. The Hall–Kier alpha value is -1.39. The van der Waals surface area contributed by atoms with Crippen LogP contribution in [-0.4, -0.2) is 26.2 Å². The van der Waals surface area contributed by atoms with E-state index in [0.717, 1.165) is 24.1 Å². The zero-order chi connectivity index (χ0) is 13.4. The molecule has 0 saturated carbocycles. The minimum Gasteiger partial charge on any atom is -0.384 e. The molecule has 1 aromatic carbocycles. The van der Waals surface area contributed by atoms with Gasteiger partial charge in [-0.25, -0.2) is 0 Å². The van der Waals surface area contributed by atoms with Crippen LogP contribution in [0.25, 0.3) is 0 Å². The Labute approximate surface area is 109 Å². The molecule has 0 radical (unpaired) electrons. The van der Waals surface area contributed by atoms with Crippen LogP contribution >= 0.6 is 0 Å². The van der Waals surface area contributed by atoms with Crippen molar-refractivity contribution in [2.24, 2.45) is 11.7 Å². The summed E-state index contributed by atoms with van der Waals surface area (Å²) in [5.74, 6) is -0.134. The molecular formula is C14H22N2O2. The second kappa shape index (κ2) is 7.84. The van der Waals surface area contributed by atoms with Crippen molar-refractivity contribution < 1.29 is 9.53 Å². The Kier molecular flexibility index (Phi) is 6.39. The second-order valence-electron chi connectivity index (χ2n) is 4.23. The summed E-state index contributed by atoms with van der Waals surface area (Å²) in [4.78, 5) is 12.0. The third kappa shape index (κ3) is 4.13. The monoisotopic (exact) mass is 250 g/mol. The van der Waals surface area contributed by atoms with E-state index in [0.29, 0.717) is 13.2 Å². The molecule has 0 aromatic heterocycles. The Bertz CT molecular complexity index is 376. The van der Waals surface area contributed by atoms with E-state index < -0.39 is 0 Å². The summed E-state index contributed by atoms with van der Waals surface area (Å²) in [6.45, 7) is 2.98. The molecule has 1 aromatic rings. The number of methoxy groups -OCH3 is 1. The van der Waals surface area contributed by atoms with Crippen LogP contribution in [0.1, 0.15) is 18.9 Å².